The zero-order valence-electron chi connectivity index (χ0n) is 12.1. The molecule has 2 atom stereocenters. The molecule has 1 rings (SSSR count). The van der Waals surface area contributed by atoms with Gasteiger partial charge in [-0.05, 0) is 20.3 Å². The third kappa shape index (κ3) is 5.16. The molecule has 1 fully saturated rings. The van der Waals surface area contributed by atoms with Gasteiger partial charge in [-0.25, -0.2) is 0 Å². The topological polar surface area (TPSA) is 72.9 Å². The van der Waals surface area contributed by atoms with Crippen molar-refractivity contribution in [2.24, 2.45) is 0 Å². The Morgan fingerprint density at radius 2 is 1.79 bits per heavy atom. The van der Waals surface area contributed by atoms with Crippen LogP contribution in [0.25, 0.3) is 0 Å². The molecule has 0 aromatic carbocycles. The summed E-state index contributed by atoms with van der Waals surface area (Å²) in [7, 11) is 0. The fourth-order valence-electron chi connectivity index (χ4n) is 2.13. The van der Waals surface area contributed by atoms with Crippen LogP contribution in [-0.2, 0) is 9.59 Å². The zero-order chi connectivity index (χ0) is 14.4. The number of hydrogen-bond acceptors (Lipinski definition) is 4. The number of aliphatic carboxylic acids is 1. The van der Waals surface area contributed by atoms with Crippen molar-refractivity contribution in [2.45, 2.75) is 39.3 Å². The monoisotopic (exact) mass is 271 g/mol. The molecule has 2 unspecified atom stereocenters. The normalized spacial score (nSPS) is 20.8. The quantitative estimate of drug-likeness (QED) is 0.711. The molecule has 110 valence electrons. The Labute approximate surface area is 114 Å². The Morgan fingerprint density at radius 1 is 1.21 bits per heavy atom. The Hall–Kier alpha value is -1.14. The standard InChI is InChI=1S/C13H25N3O3/c1-4-10(2)14-13(19)11(3)16-7-5-15(6-8-16)9-12(17)18/h10-11H,4-9H2,1-3H3,(H,14,19)(H,17,18). The van der Waals surface area contributed by atoms with Crippen LogP contribution in [0.1, 0.15) is 27.2 Å². The fourth-order valence-corrected chi connectivity index (χ4v) is 2.13. The summed E-state index contributed by atoms with van der Waals surface area (Å²) < 4.78 is 0. The molecule has 1 heterocycles. The lowest BCUT2D eigenvalue weighted by Crippen LogP contribution is -2.55. The summed E-state index contributed by atoms with van der Waals surface area (Å²) in [6, 6.07) is 0.0456. The second kappa shape index (κ2) is 7.45. The molecular weight excluding hydrogens is 246 g/mol. The van der Waals surface area contributed by atoms with Crippen LogP contribution in [0.2, 0.25) is 0 Å². The molecule has 2 N–H and O–H groups in total. The van der Waals surface area contributed by atoms with Crippen LogP contribution in [0.15, 0.2) is 0 Å². The first-order chi connectivity index (χ1) is 8.93. The molecule has 6 nitrogen and oxygen atoms in total. The van der Waals surface area contributed by atoms with Gasteiger partial charge in [0.1, 0.15) is 0 Å². The maximum atomic E-state index is 12.0. The van der Waals surface area contributed by atoms with Crippen LogP contribution in [0, 0.1) is 0 Å². The van der Waals surface area contributed by atoms with Crippen molar-refractivity contribution in [3.8, 4) is 0 Å². The smallest absolute Gasteiger partial charge is 0.317 e. The fraction of sp³-hybridized carbons (Fsp3) is 0.846. The van der Waals surface area contributed by atoms with E-state index in [4.69, 9.17) is 5.11 Å². The molecule has 6 heteroatoms. The van der Waals surface area contributed by atoms with E-state index in [2.05, 4.69) is 10.2 Å². The minimum absolute atomic E-state index is 0.0565. The number of carboxylic acid groups (broad SMARTS) is 1. The van der Waals surface area contributed by atoms with E-state index in [-0.39, 0.29) is 24.5 Å². The minimum atomic E-state index is -0.795. The second-order valence-corrected chi connectivity index (χ2v) is 5.20. The lowest BCUT2D eigenvalue weighted by atomic mass is 10.2. The summed E-state index contributed by atoms with van der Waals surface area (Å²) in [5, 5.41) is 11.7. The van der Waals surface area contributed by atoms with Crippen molar-refractivity contribution in [1.82, 2.24) is 15.1 Å². The van der Waals surface area contributed by atoms with E-state index >= 15 is 0 Å². The van der Waals surface area contributed by atoms with Gasteiger partial charge in [0.05, 0.1) is 12.6 Å². The largest absolute Gasteiger partial charge is 0.480 e. The molecule has 0 aromatic rings. The van der Waals surface area contributed by atoms with Gasteiger partial charge in [0.25, 0.3) is 0 Å². The van der Waals surface area contributed by atoms with Crippen molar-refractivity contribution in [1.29, 1.82) is 0 Å². The highest BCUT2D eigenvalue weighted by Crippen LogP contribution is 2.07. The van der Waals surface area contributed by atoms with Crippen LogP contribution in [0.4, 0.5) is 0 Å². The maximum absolute atomic E-state index is 12.0. The van der Waals surface area contributed by atoms with E-state index in [1.54, 1.807) is 0 Å². The maximum Gasteiger partial charge on any atom is 0.317 e. The summed E-state index contributed by atoms with van der Waals surface area (Å²) in [5.41, 5.74) is 0. The highest BCUT2D eigenvalue weighted by Gasteiger charge is 2.26. The summed E-state index contributed by atoms with van der Waals surface area (Å²) >= 11 is 0. The van der Waals surface area contributed by atoms with Gasteiger partial charge < -0.3 is 10.4 Å². The first kappa shape index (κ1) is 15.9. The number of piperazine rings is 1. The Balaban J connectivity index is 2.37. The molecule has 1 aliphatic heterocycles. The number of nitrogens with one attached hydrogen (secondary N) is 1. The lowest BCUT2D eigenvalue weighted by Gasteiger charge is -2.37. The SMILES string of the molecule is CCC(C)NC(=O)C(C)N1CCN(CC(=O)O)CC1. The van der Waals surface area contributed by atoms with E-state index in [9.17, 15) is 9.59 Å². The van der Waals surface area contributed by atoms with E-state index in [1.807, 2.05) is 25.7 Å². The van der Waals surface area contributed by atoms with Crippen molar-refractivity contribution in [3.05, 3.63) is 0 Å². The van der Waals surface area contributed by atoms with Crippen molar-refractivity contribution < 1.29 is 14.7 Å². The molecule has 0 aliphatic carbocycles. The first-order valence-electron chi connectivity index (χ1n) is 6.92. The van der Waals surface area contributed by atoms with Gasteiger partial charge in [-0.15, -0.1) is 0 Å². The Morgan fingerprint density at radius 3 is 2.26 bits per heavy atom. The van der Waals surface area contributed by atoms with Gasteiger partial charge in [0.2, 0.25) is 5.91 Å². The first-order valence-corrected chi connectivity index (χ1v) is 6.92. The summed E-state index contributed by atoms with van der Waals surface area (Å²) in [6.45, 7) is 8.91. The number of hydrogen-bond donors (Lipinski definition) is 2. The Bertz CT molecular complexity index is 314. The van der Waals surface area contributed by atoms with E-state index < -0.39 is 5.97 Å². The number of carbonyl (C=O) groups is 2. The number of carbonyl (C=O) groups excluding carboxylic acids is 1. The third-order valence-corrected chi connectivity index (χ3v) is 3.69. The van der Waals surface area contributed by atoms with Crippen LogP contribution >= 0.6 is 0 Å². The summed E-state index contributed by atoms with van der Waals surface area (Å²) in [6.07, 6.45) is 0.921. The highest BCUT2D eigenvalue weighted by atomic mass is 16.4. The third-order valence-electron chi connectivity index (χ3n) is 3.69. The Kier molecular flexibility index (Phi) is 6.24. The molecule has 0 bridgehead atoms. The second-order valence-electron chi connectivity index (χ2n) is 5.20. The molecule has 19 heavy (non-hydrogen) atoms. The molecule has 1 amide bonds. The van der Waals surface area contributed by atoms with Gasteiger partial charge in [-0.1, -0.05) is 6.92 Å². The molecule has 1 saturated heterocycles. The zero-order valence-corrected chi connectivity index (χ0v) is 12.1. The predicted molar refractivity (Wildman–Crippen MR) is 73.0 cm³/mol. The van der Waals surface area contributed by atoms with Crippen LogP contribution < -0.4 is 5.32 Å². The average Bonchev–Trinajstić information content (AvgIpc) is 2.37. The highest BCUT2D eigenvalue weighted by molar-refractivity contribution is 5.81. The van der Waals surface area contributed by atoms with Crippen LogP contribution in [0.3, 0.4) is 0 Å². The van der Waals surface area contributed by atoms with Gasteiger partial charge in [-0.2, -0.15) is 0 Å². The van der Waals surface area contributed by atoms with E-state index in [1.165, 1.54) is 0 Å². The molecule has 1 aliphatic rings. The summed E-state index contributed by atoms with van der Waals surface area (Å²) in [4.78, 5) is 26.6. The number of nitrogens with zero attached hydrogens (tertiary/aromatic N) is 2. The van der Waals surface area contributed by atoms with E-state index in [0.29, 0.717) is 13.1 Å². The molecule has 0 spiro atoms. The van der Waals surface area contributed by atoms with Crippen molar-refractivity contribution in [2.75, 3.05) is 32.7 Å². The van der Waals surface area contributed by atoms with Crippen LogP contribution in [0.5, 0.6) is 0 Å². The van der Waals surface area contributed by atoms with Gasteiger partial charge in [-0.3, -0.25) is 19.4 Å². The number of rotatable bonds is 6. The number of amides is 1. The summed E-state index contributed by atoms with van der Waals surface area (Å²) in [5.74, 6) is -0.739. The average molecular weight is 271 g/mol. The van der Waals surface area contributed by atoms with E-state index in [0.717, 1.165) is 19.5 Å². The number of carboxylic acids is 1. The minimum Gasteiger partial charge on any atom is -0.480 e. The van der Waals surface area contributed by atoms with Gasteiger partial charge in [0.15, 0.2) is 0 Å². The van der Waals surface area contributed by atoms with Crippen molar-refractivity contribution >= 4 is 11.9 Å². The van der Waals surface area contributed by atoms with Crippen molar-refractivity contribution in [3.63, 3.8) is 0 Å². The van der Waals surface area contributed by atoms with Gasteiger partial charge >= 0.3 is 5.97 Å². The molecule has 0 aromatic heterocycles. The predicted octanol–water partition coefficient (Wildman–Crippen LogP) is -0.00820. The molecule has 0 radical (unpaired) electrons. The molecular formula is C13H25N3O3. The lowest BCUT2D eigenvalue weighted by molar-refractivity contribution is -0.139. The van der Waals surface area contributed by atoms with Gasteiger partial charge in [0, 0.05) is 32.2 Å². The van der Waals surface area contributed by atoms with Crippen LogP contribution in [-0.4, -0.2) is 71.6 Å². The molecule has 0 saturated carbocycles.